The average molecular weight is 728 g/mol. The van der Waals surface area contributed by atoms with E-state index in [0.29, 0.717) is 0 Å². The summed E-state index contributed by atoms with van der Waals surface area (Å²) in [5.74, 6) is 0. The molecule has 0 unspecified atom stereocenters. The first-order valence-electron chi connectivity index (χ1n) is 19.8. The lowest BCUT2D eigenvalue weighted by Gasteiger charge is -2.32. The molecule has 0 saturated heterocycles. The molecule has 5 aromatic carbocycles. The molecule has 6 aromatic rings. The van der Waals surface area contributed by atoms with E-state index in [1.807, 2.05) is 6.20 Å². The van der Waals surface area contributed by atoms with Crippen LogP contribution in [0.4, 0.5) is 34.1 Å². The molecule has 0 spiro atoms. The van der Waals surface area contributed by atoms with Gasteiger partial charge in [0.25, 0.3) is 0 Å². The van der Waals surface area contributed by atoms with Crippen LogP contribution in [0.1, 0.15) is 111 Å². The molecule has 0 radical (unpaired) electrons. The van der Waals surface area contributed by atoms with E-state index in [2.05, 4.69) is 232 Å². The highest BCUT2D eigenvalue weighted by atomic mass is 15.2. The van der Waals surface area contributed by atoms with Crippen molar-refractivity contribution in [1.29, 1.82) is 0 Å². The van der Waals surface area contributed by atoms with Gasteiger partial charge in [-0.25, -0.2) is 0 Å². The molecular formula is C52H61N3. The number of aromatic nitrogens is 1. The minimum Gasteiger partial charge on any atom is -0.310 e. The van der Waals surface area contributed by atoms with Crippen molar-refractivity contribution in [3.05, 3.63) is 162 Å². The molecule has 0 fully saturated rings. The lowest BCUT2D eigenvalue weighted by molar-refractivity contribution is 0.590. The van der Waals surface area contributed by atoms with Gasteiger partial charge in [-0.3, -0.25) is 4.98 Å². The van der Waals surface area contributed by atoms with Crippen molar-refractivity contribution in [3.63, 3.8) is 0 Å². The minimum absolute atomic E-state index is 0.0512. The second-order valence-electron chi connectivity index (χ2n) is 19.3. The van der Waals surface area contributed by atoms with Gasteiger partial charge in [0, 0.05) is 46.0 Å². The van der Waals surface area contributed by atoms with Crippen LogP contribution < -0.4 is 9.80 Å². The molecular weight excluding hydrogens is 667 g/mol. The Labute approximate surface area is 332 Å². The Morgan fingerprint density at radius 3 is 0.873 bits per heavy atom. The van der Waals surface area contributed by atoms with Gasteiger partial charge in [0.05, 0.1) is 0 Å². The minimum atomic E-state index is 0.0512. The van der Waals surface area contributed by atoms with Crippen molar-refractivity contribution in [1.82, 2.24) is 4.98 Å². The predicted molar refractivity (Wildman–Crippen MR) is 239 cm³/mol. The van der Waals surface area contributed by atoms with Crippen LogP contribution in [0.15, 0.2) is 134 Å². The maximum atomic E-state index is 4.56. The van der Waals surface area contributed by atoms with Gasteiger partial charge in [-0.1, -0.05) is 132 Å². The summed E-state index contributed by atoms with van der Waals surface area (Å²) >= 11 is 0. The van der Waals surface area contributed by atoms with Gasteiger partial charge in [-0.2, -0.15) is 0 Å². The zero-order chi connectivity index (χ0) is 39.9. The Kier molecular flexibility index (Phi) is 10.7. The Bertz CT molecular complexity index is 1960. The van der Waals surface area contributed by atoms with Crippen molar-refractivity contribution in [3.8, 4) is 11.1 Å². The molecule has 3 heteroatoms. The summed E-state index contributed by atoms with van der Waals surface area (Å²) < 4.78 is 0. The third-order valence-corrected chi connectivity index (χ3v) is 10.6. The molecule has 0 aliphatic heterocycles. The molecule has 1 aromatic heterocycles. The topological polar surface area (TPSA) is 19.4 Å². The summed E-state index contributed by atoms with van der Waals surface area (Å²) in [6, 6.07) is 47.7. The van der Waals surface area contributed by atoms with Crippen LogP contribution in [0.5, 0.6) is 0 Å². The smallest absolute Gasteiger partial charge is 0.0488 e. The molecule has 0 bridgehead atoms. The normalized spacial score (nSPS) is 12.5. The number of anilines is 6. The molecule has 1 heterocycles. The maximum absolute atomic E-state index is 4.56. The molecule has 6 rings (SSSR count). The Balaban J connectivity index is 1.63. The van der Waals surface area contributed by atoms with Crippen LogP contribution in [-0.2, 0) is 21.7 Å². The maximum Gasteiger partial charge on any atom is 0.0488 e. The molecule has 0 amide bonds. The van der Waals surface area contributed by atoms with E-state index in [0.717, 1.165) is 50.9 Å². The average Bonchev–Trinajstić information content (AvgIpc) is 3.11. The first kappa shape index (κ1) is 39.5. The lowest BCUT2D eigenvalue weighted by atomic mass is 9.86. The van der Waals surface area contributed by atoms with Crippen LogP contribution in [0.25, 0.3) is 11.1 Å². The van der Waals surface area contributed by atoms with Gasteiger partial charge in [0.2, 0.25) is 0 Å². The van der Waals surface area contributed by atoms with Crippen molar-refractivity contribution < 1.29 is 0 Å². The van der Waals surface area contributed by atoms with E-state index in [1.54, 1.807) is 0 Å². The van der Waals surface area contributed by atoms with Gasteiger partial charge >= 0.3 is 0 Å². The molecule has 0 saturated carbocycles. The largest absolute Gasteiger partial charge is 0.310 e. The van der Waals surface area contributed by atoms with Crippen LogP contribution >= 0.6 is 0 Å². The van der Waals surface area contributed by atoms with E-state index >= 15 is 0 Å². The van der Waals surface area contributed by atoms with Gasteiger partial charge in [-0.05, 0) is 141 Å². The fraction of sp³-hybridized carbons (Fsp3) is 0.327. The zero-order valence-corrected chi connectivity index (χ0v) is 35.5. The van der Waals surface area contributed by atoms with Crippen molar-refractivity contribution in [2.75, 3.05) is 9.80 Å². The first-order chi connectivity index (χ1) is 25.7. The summed E-state index contributed by atoms with van der Waals surface area (Å²) in [5.41, 5.74) is 15.3. The number of hydrogen-bond donors (Lipinski definition) is 0. The van der Waals surface area contributed by atoms with Crippen LogP contribution in [0, 0.1) is 6.92 Å². The highest BCUT2D eigenvalue weighted by Gasteiger charge is 2.23. The second-order valence-corrected chi connectivity index (χ2v) is 19.3. The number of benzene rings is 5. The van der Waals surface area contributed by atoms with Gasteiger partial charge in [0.15, 0.2) is 0 Å². The molecule has 3 nitrogen and oxygen atoms in total. The standard InChI is InChI=1S/C52H61N3/c1-36-32-37(30-31-53-36)38-33-47(54(43-22-14-39(15-23-43)49(2,3)4)44-24-16-40(17-25-44)50(5,6)7)35-48(34-38)55(45-26-18-41(19-27-45)51(8,9)10)46-28-20-42(21-29-46)52(11,12)13/h14-35H,1-13H3. The number of aryl methyl sites for hydroxylation is 1. The Morgan fingerprint density at radius 1 is 0.327 bits per heavy atom. The summed E-state index contributed by atoms with van der Waals surface area (Å²) in [6.07, 6.45) is 1.92. The SMILES string of the molecule is Cc1cc(-c2cc(N(c3ccc(C(C)(C)C)cc3)c3ccc(C(C)(C)C)cc3)cc(N(c3ccc(C(C)(C)C)cc3)c3ccc(C(C)(C)C)cc3)c2)ccn1. The number of pyridine rings is 1. The van der Waals surface area contributed by atoms with Crippen LogP contribution in [0.2, 0.25) is 0 Å². The van der Waals surface area contributed by atoms with Crippen molar-refractivity contribution in [2.45, 2.75) is 112 Å². The van der Waals surface area contributed by atoms with Crippen LogP contribution in [-0.4, -0.2) is 4.98 Å². The van der Waals surface area contributed by atoms with E-state index in [9.17, 15) is 0 Å². The van der Waals surface area contributed by atoms with E-state index in [1.165, 1.54) is 22.3 Å². The van der Waals surface area contributed by atoms with E-state index < -0.39 is 0 Å². The van der Waals surface area contributed by atoms with Crippen molar-refractivity contribution >= 4 is 34.1 Å². The third-order valence-electron chi connectivity index (χ3n) is 10.6. The van der Waals surface area contributed by atoms with Gasteiger partial charge < -0.3 is 9.80 Å². The first-order valence-corrected chi connectivity index (χ1v) is 19.8. The summed E-state index contributed by atoms with van der Waals surface area (Å²) in [6.45, 7) is 29.3. The molecule has 0 atom stereocenters. The zero-order valence-electron chi connectivity index (χ0n) is 35.5. The molecule has 0 aliphatic carbocycles. The van der Waals surface area contributed by atoms with Gasteiger partial charge in [-0.15, -0.1) is 0 Å². The third kappa shape index (κ3) is 9.05. The highest BCUT2D eigenvalue weighted by Crippen LogP contribution is 2.44. The van der Waals surface area contributed by atoms with Crippen molar-refractivity contribution in [2.24, 2.45) is 0 Å². The van der Waals surface area contributed by atoms with Gasteiger partial charge in [0.1, 0.15) is 0 Å². The Hall–Kier alpha value is -5.15. The molecule has 0 N–H and O–H groups in total. The van der Waals surface area contributed by atoms with E-state index in [4.69, 9.17) is 0 Å². The highest BCUT2D eigenvalue weighted by molar-refractivity contribution is 5.87. The second kappa shape index (κ2) is 14.8. The fourth-order valence-corrected chi connectivity index (χ4v) is 7.08. The quantitative estimate of drug-likeness (QED) is 0.163. The number of hydrogen-bond acceptors (Lipinski definition) is 3. The molecule has 0 aliphatic rings. The molecule has 55 heavy (non-hydrogen) atoms. The van der Waals surface area contributed by atoms with Crippen LogP contribution in [0.3, 0.4) is 0 Å². The summed E-state index contributed by atoms with van der Waals surface area (Å²) in [4.78, 5) is 9.37. The Morgan fingerprint density at radius 2 is 0.618 bits per heavy atom. The fourth-order valence-electron chi connectivity index (χ4n) is 7.08. The summed E-state index contributed by atoms with van der Waals surface area (Å²) in [5, 5.41) is 0. The predicted octanol–water partition coefficient (Wildman–Crippen LogP) is 15.2. The van der Waals surface area contributed by atoms with E-state index in [-0.39, 0.29) is 21.7 Å². The number of nitrogens with zero attached hydrogens (tertiary/aromatic N) is 3. The summed E-state index contributed by atoms with van der Waals surface area (Å²) in [7, 11) is 0. The monoisotopic (exact) mass is 727 g/mol. The molecule has 284 valence electrons. The lowest BCUT2D eigenvalue weighted by Crippen LogP contribution is -2.16. The number of rotatable bonds is 7.